The molecule has 1 heterocycles. The fourth-order valence-corrected chi connectivity index (χ4v) is 2.53. The molecule has 1 N–H and O–H groups in total. The minimum Gasteiger partial charge on any atom is -0.494 e. The molecule has 1 aromatic rings. The molecule has 1 saturated heterocycles. The average Bonchev–Trinajstić information content (AvgIpc) is 2.74. The molecule has 0 aromatic heterocycles. The molecule has 2 atom stereocenters. The van der Waals surface area contributed by atoms with E-state index in [2.05, 4.69) is 12.2 Å². The van der Waals surface area contributed by atoms with Crippen molar-refractivity contribution in [1.29, 1.82) is 0 Å². The van der Waals surface area contributed by atoms with E-state index in [0.29, 0.717) is 6.61 Å². The molecule has 0 spiro atoms. The zero-order valence-corrected chi connectivity index (χ0v) is 12.6. The van der Waals surface area contributed by atoms with Crippen molar-refractivity contribution in [3.05, 3.63) is 29.8 Å². The molecule has 0 saturated carbocycles. The minimum absolute atomic E-state index is 0.0141. The number of rotatable bonds is 6. The molecule has 110 valence electrons. The Morgan fingerprint density at radius 3 is 2.55 bits per heavy atom. The Hall–Kier alpha value is -1.55. The highest BCUT2D eigenvalue weighted by atomic mass is 16.5. The van der Waals surface area contributed by atoms with E-state index in [1.54, 1.807) is 0 Å². The van der Waals surface area contributed by atoms with Crippen molar-refractivity contribution in [2.45, 2.75) is 45.8 Å². The van der Waals surface area contributed by atoms with Gasteiger partial charge in [0.1, 0.15) is 11.9 Å². The molecular formula is C16H24N2O2. The van der Waals surface area contributed by atoms with Crippen LogP contribution >= 0.6 is 0 Å². The highest BCUT2D eigenvalue weighted by Gasteiger charge is 2.36. The van der Waals surface area contributed by atoms with Gasteiger partial charge in [-0.3, -0.25) is 10.1 Å². The molecule has 0 aliphatic carbocycles. The number of ether oxygens (including phenoxy) is 1. The van der Waals surface area contributed by atoms with E-state index in [0.717, 1.165) is 30.7 Å². The molecule has 1 amide bonds. The summed E-state index contributed by atoms with van der Waals surface area (Å²) in [5.74, 6) is 1.06. The van der Waals surface area contributed by atoms with Gasteiger partial charge in [-0.15, -0.1) is 0 Å². The smallest absolute Gasteiger partial charge is 0.241 e. The number of carbonyl (C=O) groups excluding carboxylic acids is 1. The molecule has 1 aliphatic heterocycles. The van der Waals surface area contributed by atoms with Crippen molar-refractivity contribution in [3.8, 4) is 5.75 Å². The predicted molar refractivity (Wildman–Crippen MR) is 79.6 cm³/mol. The Kier molecular flexibility index (Phi) is 5.01. The second-order valence-corrected chi connectivity index (χ2v) is 5.18. The maximum atomic E-state index is 12.2. The fourth-order valence-electron chi connectivity index (χ4n) is 2.53. The first kappa shape index (κ1) is 14.9. The van der Waals surface area contributed by atoms with Crippen LogP contribution in [0.3, 0.4) is 0 Å². The summed E-state index contributed by atoms with van der Waals surface area (Å²) in [5.41, 5.74) is 1.11. The third kappa shape index (κ3) is 3.12. The van der Waals surface area contributed by atoms with Crippen molar-refractivity contribution in [2.75, 3.05) is 13.2 Å². The van der Waals surface area contributed by atoms with Crippen LogP contribution in [0.5, 0.6) is 5.75 Å². The van der Waals surface area contributed by atoms with Crippen LogP contribution in [-0.2, 0) is 4.79 Å². The van der Waals surface area contributed by atoms with Crippen molar-refractivity contribution in [3.63, 3.8) is 0 Å². The Bertz CT molecular complexity index is 444. The molecule has 1 aromatic carbocycles. The zero-order valence-electron chi connectivity index (χ0n) is 12.6. The molecule has 20 heavy (non-hydrogen) atoms. The second-order valence-electron chi connectivity index (χ2n) is 5.18. The van der Waals surface area contributed by atoms with Gasteiger partial charge in [-0.25, -0.2) is 0 Å². The van der Waals surface area contributed by atoms with Gasteiger partial charge >= 0.3 is 0 Å². The molecular weight excluding hydrogens is 252 g/mol. The maximum absolute atomic E-state index is 12.2. The highest BCUT2D eigenvalue weighted by molar-refractivity contribution is 5.84. The first-order valence-corrected chi connectivity index (χ1v) is 7.46. The zero-order chi connectivity index (χ0) is 14.5. The summed E-state index contributed by atoms with van der Waals surface area (Å²) < 4.78 is 5.46. The number of amides is 1. The largest absolute Gasteiger partial charge is 0.494 e. The molecule has 0 radical (unpaired) electrons. The molecule has 4 nitrogen and oxygen atoms in total. The second kappa shape index (κ2) is 6.75. The fraction of sp³-hybridized carbons (Fsp3) is 0.562. The van der Waals surface area contributed by atoms with Crippen LogP contribution in [0.4, 0.5) is 0 Å². The topological polar surface area (TPSA) is 41.6 Å². The maximum Gasteiger partial charge on any atom is 0.241 e. The number of carbonyl (C=O) groups is 1. The summed E-state index contributed by atoms with van der Waals surface area (Å²) in [6.45, 7) is 7.52. The Labute approximate surface area is 121 Å². The van der Waals surface area contributed by atoms with Crippen molar-refractivity contribution >= 4 is 5.91 Å². The van der Waals surface area contributed by atoms with Crippen LogP contribution in [0, 0.1) is 0 Å². The minimum atomic E-state index is -0.108. The van der Waals surface area contributed by atoms with Gasteiger partial charge in [-0.2, -0.15) is 0 Å². The lowest BCUT2D eigenvalue weighted by Gasteiger charge is -2.24. The number of hydrogen-bond acceptors (Lipinski definition) is 3. The highest BCUT2D eigenvalue weighted by Crippen LogP contribution is 2.27. The van der Waals surface area contributed by atoms with E-state index in [9.17, 15) is 4.79 Å². The predicted octanol–water partition coefficient (Wildman–Crippen LogP) is 2.70. The molecule has 0 bridgehead atoms. The number of benzene rings is 1. The van der Waals surface area contributed by atoms with Crippen LogP contribution in [0.2, 0.25) is 0 Å². The lowest BCUT2D eigenvalue weighted by molar-refractivity contribution is -0.129. The summed E-state index contributed by atoms with van der Waals surface area (Å²) in [6.07, 6.45) is 2.11. The van der Waals surface area contributed by atoms with Crippen molar-refractivity contribution in [2.24, 2.45) is 0 Å². The van der Waals surface area contributed by atoms with Gasteiger partial charge < -0.3 is 9.64 Å². The average molecular weight is 276 g/mol. The lowest BCUT2D eigenvalue weighted by atomic mass is 10.1. The third-order valence-corrected chi connectivity index (χ3v) is 3.63. The quantitative estimate of drug-likeness (QED) is 0.868. The summed E-state index contributed by atoms with van der Waals surface area (Å²) in [4.78, 5) is 14.2. The molecule has 1 fully saturated rings. The summed E-state index contributed by atoms with van der Waals surface area (Å²) in [6, 6.07) is 7.89. The SMILES string of the molecule is CCCCN1C(=O)C(C)NC1c1ccc(OCC)cc1. The van der Waals surface area contributed by atoms with Gasteiger partial charge in [-0.1, -0.05) is 25.5 Å². The summed E-state index contributed by atoms with van der Waals surface area (Å²) >= 11 is 0. The number of nitrogens with zero attached hydrogens (tertiary/aromatic N) is 1. The van der Waals surface area contributed by atoms with Gasteiger partial charge in [0, 0.05) is 6.54 Å². The Balaban J connectivity index is 2.14. The van der Waals surface area contributed by atoms with Gasteiger partial charge in [-0.05, 0) is 38.0 Å². The van der Waals surface area contributed by atoms with E-state index < -0.39 is 0 Å². The van der Waals surface area contributed by atoms with Crippen LogP contribution in [-0.4, -0.2) is 30.0 Å². The lowest BCUT2D eigenvalue weighted by Crippen LogP contribution is -2.31. The van der Waals surface area contributed by atoms with Gasteiger partial charge in [0.25, 0.3) is 0 Å². The van der Waals surface area contributed by atoms with E-state index >= 15 is 0 Å². The number of hydrogen-bond donors (Lipinski definition) is 1. The molecule has 4 heteroatoms. The van der Waals surface area contributed by atoms with E-state index in [4.69, 9.17) is 4.74 Å². The number of nitrogens with one attached hydrogen (secondary N) is 1. The van der Waals surface area contributed by atoms with E-state index in [-0.39, 0.29) is 18.1 Å². The Morgan fingerprint density at radius 1 is 1.25 bits per heavy atom. The van der Waals surface area contributed by atoms with Crippen LogP contribution in [0.1, 0.15) is 45.3 Å². The summed E-state index contributed by atoms with van der Waals surface area (Å²) in [5, 5.41) is 3.37. The first-order valence-electron chi connectivity index (χ1n) is 7.46. The number of unbranched alkanes of at least 4 members (excludes halogenated alkanes) is 1. The standard InChI is InChI=1S/C16H24N2O2/c1-4-6-11-18-15(17-12(3)16(18)19)13-7-9-14(10-8-13)20-5-2/h7-10,12,15,17H,4-6,11H2,1-3H3. The van der Waals surface area contributed by atoms with Crippen LogP contribution in [0.15, 0.2) is 24.3 Å². The van der Waals surface area contributed by atoms with Gasteiger partial charge in [0.2, 0.25) is 5.91 Å². The molecule has 1 aliphatic rings. The van der Waals surface area contributed by atoms with Crippen LogP contribution < -0.4 is 10.1 Å². The van der Waals surface area contributed by atoms with Gasteiger partial charge in [0.05, 0.1) is 12.6 Å². The third-order valence-electron chi connectivity index (χ3n) is 3.63. The van der Waals surface area contributed by atoms with Gasteiger partial charge in [0.15, 0.2) is 0 Å². The molecule has 2 rings (SSSR count). The normalized spacial score (nSPS) is 22.4. The van der Waals surface area contributed by atoms with Crippen molar-refractivity contribution < 1.29 is 9.53 Å². The Morgan fingerprint density at radius 2 is 1.95 bits per heavy atom. The summed E-state index contributed by atoms with van der Waals surface area (Å²) in [7, 11) is 0. The molecule has 2 unspecified atom stereocenters. The monoisotopic (exact) mass is 276 g/mol. The van der Waals surface area contributed by atoms with E-state index in [1.165, 1.54) is 0 Å². The van der Waals surface area contributed by atoms with Crippen LogP contribution in [0.25, 0.3) is 0 Å². The first-order chi connectivity index (χ1) is 9.67. The van der Waals surface area contributed by atoms with Crippen molar-refractivity contribution in [1.82, 2.24) is 10.2 Å². The van der Waals surface area contributed by atoms with E-state index in [1.807, 2.05) is 43.0 Å².